The summed E-state index contributed by atoms with van der Waals surface area (Å²) in [6.45, 7) is 4.18. The van der Waals surface area contributed by atoms with Crippen LogP contribution in [0.5, 0.6) is 5.75 Å². The van der Waals surface area contributed by atoms with Crippen LogP contribution in [-0.4, -0.2) is 44.7 Å². The Balaban J connectivity index is 2.06. The predicted molar refractivity (Wildman–Crippen MR) is 108 cm³/mol. The molecule has 1 saturated heterocycles. The van der Waals surface area contributed by atoms with Gasteiger partial charge < -0.3 is 18.8 Å². The van der Waals surface area contributed by atoms with Crippen molar-refractivity contribution in [1.29, 1.82) is 0 Å². The zero-order valence-electron chi connectivity index (χ0n) is 17.2. The van der Waals surface area contributed by atoms with E-state index in [2.05, 4.69) is 0 Å². The summed E-state index contributed by atoms with van der Waals surface area (Å²) in [5.41, 5.74) is 0.663. The molecule has 162 valence electrons. The zero-order valence-corrected chi connectivity index (χ0v) is 18.2. The molecule has 0 radical (unpaired) electrons. The Morgan fingerprint density at radius 3 is 2.20 bits per heavy atom. The summed E-state index contributed by atoms with van der Waals surface area (Å²) < 4.78 is 58.8. The molecule has 0 spiro atoms. The fourth-order valence-electron chi connectivity index (χ4n) is 3.30. The third kappa shape index (κ3) is 4.53. The average Bonchev–Trinajstić information content (AvgIpc) is 3.07. The van der Waals surface area contributed by atoms with Crippen molar-refractivity contribution in [1.82, 2.24) is 4.90 Å². The van der Waals surface area contributed by atoms with E-state index in [1.54, 1.807) is 74.2 Å². The van der Waals surface area contributed by atoms with Crippen molar-refractivity contribution in [2.24, 2.45) is 0 Å². The van der Waals surface area contributed by atoms with E-state index in [-0.39, 0.29) is 5.56 Å². The topological polar surface area (TPSA) is 48.0 Å². The van der Waals surface area contributed by atoms with Crippen molar-refractivity contribution in [3.8, 4) is 5.75 Å². The molecule has 0 saturated carbocycles. The van der Waals surface area contributed by atoms with E-state index in [0.29, 0.717) is 11.3 Å². The predicted octanol–water partition coefficient (Wildman–Crippen LogP) is 4.98. The van der Waals surface area contributed by atoms with Gasteiger partial charge in [-0.15, -0.1) is 0 Å². The van der Waals surface area contributed by atoms with E-state index in [4.69, 9.17) is 13.9 Å². The maximum atomic E-state index is 14.2. The summed E-state index contributed by atoms with van der Waals surface area (Å²) >= 11 is 0. The molecule has 0 N–H and O–H groups in total. The average molecular weight is 440 g/mol. The molecule has 30 heavy (non-hydrogen) atoms. The number of hydrogen-bond acceptors (Lipinski definition) is 4. The first kappa shape index (κ1) is 22.3. The summed E-state index contributed by atoms with van der Waals surface area (Å²) in [6.07, 6.45) is -6.09. The third-order valence-electron chi connectivity index (χ3n) is 4.55. The minimum atomic E-state index is -4.83. The molecule has 2 aromatic carbocycles. The van der Waals surface area contributed by atoms with Crippen LogP contribution in [0.15, 0.2) is 54.6 Å². The smallest absolute Gasteiger partial charge is 0.444 e. The standard InChI is InChI=1S/C21H24F3NO4Si/c1-27-17-12-10-16(11-13-17)19-25(18(26)15-8-6-5-7-9-15)14-20(28-19,21(22,23)24)29-30(2,3)4/h5-13,19H,14H2,1-4H3. The number of carbonyl (C=O) groups excluding carboxylic acids is 1. The molecule has 1 aliphatic heterocycles. The van der Waals surface area contributed by atoms with Crippen molar-refractivity contribution in [2.45, 2.75) is 37.8 Å². The van der Waals surface area contributed by atoms with E-state index < -0.39 is 39.0 Å². The molecule has 1 aliphatic rings. The van der Waals surface area contributed by atoms with Gasteiger partial charge in [-0.05, 0) is 43.9 Å². The second kappa shape index (κ2) is 8.05. The molecule has 1 amide bonds. The largest absolute Gasteiger partial charge is 0.497 e. The highest BCUT2D eigenvalue weighted by atomic mass is 28.4. The lowest BCUT2D eigenvalue weighted by molar-refractivity contribution is -0.344. The Bertz CT molecular complexity index is 884. The molecule has 9 heteroatoms. The van der Waals surface area contributed by atoms with Gasteiger partial charge in [0.1, 0.15) is 5.75 Å². The molecular formula is C21H24F3NO4Si. The lowest BCUT2D eigenvalue weighted by Crippen LogP contribution is -2.56. The van der Waals surface area contributed by atoms with E-state index in [1.165, 1.54) is 7.11 Å². The Morgan fingerprint density at radius 1 is 1.10 bits per heavy atom. The van der Waals surface area contributed by atoms with Crippen molar-refractivity contribution < 1.29 is 31.9 Å². The van der Waals surface area contributed by atoms with Crippen molar-refractivity contribution in [3.05, 3.63) is 65.7 Å². The number of amides is 1. The van der Waals surface area contributed by atoms with E-state index in [9.17, 15) is 18.0 Å². The van der Waals surface area contributed by atoms with E-state index in [1.807, 2.05) is 0 Å². The van der Waals surface area contributed by atoms with Crippen LogP contribution in [0, 0.1) is 0 Å². The number of hydrogen-bond donors (Lipinski definition) is 0. The number of ether oxygens (including phenoxy) is 2. The van der Waals surface area contributed by atoms with Gasteiger partial charge >= 0.3 is 6.18 Å². The van der Waals surface area contributed by atoms with Gasteiger partial charge in [0, 0.05) is 11.1 Å². The normalized spacial score (nSPS) is 22.2. The second-order valence-electron chi connectivity index (χ2n) is 8.01. The van der Waals surface area contributed by atoms with E-state index in [0.717, 1.165) is 4.90 Å². The minimum Gasteiger partial charge on any atom is -0.497 e. The maximum Gasteiger partial charge on any atom is 0.444 e. The first-order valence-electron chi connectivity index (χ1n) is 9.40. The van der Waals surface area contributed by atoms with Crippen LogP contribution in [0.2, 0.25) is 19.6 Å². The van der Waals surface area contributed by atoms with Gasteiger partial charge in [0.25, 0.3) is 11.7 Å². The molecule has 2 atom stereocenters. The molecule has 3 rings (SSSR count). The van der Waals surface area contributed by atoms with Crippen LogP contribution in [-0.2, 0) is 9.16 Å². The number of benzene rings is 2. The monoisotopic (exact) mass is 439 g/mol. The van der Waals surface area contributed by atoms with Gasteiger partial charge in [-0.3, -0.25) is 4.79 Å². The van der Waals surface area contributed by atoms with Crippen LogP contribution in [0.1, 0.15) is 22.1 Å². The van der Waals surface area contributed by atoms with Gasteiger partial charge in [-0.1, -0.05) is 30.3 Å². The van der Waals surface area contributed by atoms with Gasteiger partial charge in [-0.2, -0.15) is 13.2 Å². The van der Waals surface area contributed by atoms with Crippen molar-refractivity contribution in [2.75, 3.05) is 13.7 Å². The third-order valence-corrected chi connectivity index (χ3v) is 5.49. The molecule has 2 aromatic rings. The van der Waals surface area contributed by atoms with Gasteiger partial charge in [0.05, 0.1) is 13.7 Å². The zero-order chi connectivity index (χ0) is 22.2. The summed E-state index contributed by atoms with van der Waals surface area (Å²) in [4.78, 5) is 14.2. The summed E-state index contributed by atoms with van der Waals surface area (Å²) in [5.74, 6) is -2.92. The molecule has 2 unspecified atom stereocenters. The summed E-state index contributed by atoms with van der Waals surface area (Å²) in [6, 6.07) is 14.5. The summed E-state index contributed by atoms with van der Waals surface area (Å²) in [7, 11) is -1.21. The molecule has 1 fully saturated rings. The molecular weight excluding hydrogens is 415 g/mol. The molecule has 0 aliphatic carbocycles. The number of alkyl halides is 3. The van der Waals surface area contributed by atoms with Crippen molar-refractivity contribution in [3.63, 3.8) is 0 Å². The van der Waals surface area contributed by atoms with Crippen LogP contribution in [0.3, 0.4) is 0 Å². The van der Waals surface area contributed by atoms with E-state index >= 15 is 0 Å². The number of halogens is 3. The number of methoxy groups -OCH3 is 1. The van der Waals surface area contributed by atoms with Crippen LogP contribution < -0.4 is 4.74 Å². The van der Waals surface area contributed by atoms with Crippen molar-refractivity contribution >= 4 is 14.2 Å². The Hall–Kier alpha value is -2.36. The SMILES string of the molecule is COc1ccc(C2OC(O[Si](C)(C)C)(C(F)(F)F)CN2C(=O)c2ccccc2)cc1. The molecule has 1 heterocycles. The van der Waals surface area contributed by atoms with Crippen LogP contribution >= 0.6 is 0 Å². The number of rotatable bonds is 5. The first-order valence-corrected chi connectivity index (χ1v) is 12.8. The molecule has 0 bridgehead atoms. The second-order valence-corrected chi connectivity index (χ2v) is 12.4. The van der Waals surface area contributed by atoms with Gasteiger partial charge in [0.15, 0.2) is 14.5 Å². The maximum absolute atomic E-state index is 14.2. The lowest BCUT2D eigenvalue weighted by atomic mass is 10.1. The summed E-state index contributed by atoms with van der Waals surface area (Å²) in [5, 5.41) is 0. The molecule has 5 nitrogen and oxygen atoms in total. The Labute approximate surface area is 174 Å². The van der Waals surface area contributed by atoms with Crippen LogP contribution in [0.25, 0.3) is 0 Å². The fraction of sp³-hybridized carbons (Fsp3) is 0.381. The lowest BCUT2D eigenvalue weighted by Gasteiger charge is -2.35. The number of nitrogens with zero attached hydrogens (tertiary/aromatic N) is 1. The Kier molecular flexibility index (Phi) is 5.99. The van der Waals surface area contributed by atoms with Gasteiger partial charge in [0.2, 0.25) is 0 Å². The highest BCUT2D eigenvalue weighted by Crippen LogP contribution is 2.48. The quantitative estimate of drug-likeness (QED) is 0.617. The fourth-order valence-corrected chi connectivity index (χ4v) is 4.51. The molecule has 0 aromatic heterocycles. The highest BCUT2D eigenvalue weighted by molar-refractivity contribution is 6.69. The first-order chi connectivity index (χ1) is 14.0. The number of carbonyl (C=O) groups is 1. The Morgan fingerprint density at radius 2 is 1.70 bits per heavy atom. The minimum absolute atomic E-state index is 0.269. The van der Waals surface area contributed by atoms with Gasteiger partial charge in [-0.25, -0.2) is 0 Å². The highest BCUT2D eigenvalue weighted by Gasteiger charge is 2.66. The van der Waals surface area contributed by atoms with Crippen LogP contribution in [0.4, 0.5) is 13.2 Å².